The highest BCUT2D eigenvalue weighted by Gasteiger charge is 2.31. The molecule has 1 aromatic heterocycles. The standard InChI is InChI=1S/C20H17F3N2O2/c1-3-25-11-16(19(27)24-14-6-4-5-12(2)9-14)18(26)15-10-13(20(21,22)23)7-8-17(15)25/h4-11H,3H2,1-2H3,(H,24,27). The van der Waals surface area contributed by atoms with Crippen molar-refractivity contribution in [3.8, 4) is 0 Å². The fraction of sp³-hybridized carbons (Fsp3) is 0.200. The number of amides is 1. The Balaban J connectivity index is 2.13. The number of carbonyl (C=O) groups excluding carboxylic acids is 1. The number of nitrogens with one attached hydrogen (secondary N) is 1. The molecule has 2 aromatic carbocycles. The van der Waals surface area contributed by atoms with Crippen LogP contribution >= 0.6 is 0 Å². The van der Waals surface area contributed by atoms with E-state index in [0.29, 0.717) is 17.7 Å². The Labute approximate surface area is 153 Å². The van der Waals surface area contributed by atoms with Gasteiger partial charge in [0.15, 0.2) is 0 Å². The van der Waals surface area contributed by atoms with E-state index in [0.717, 1.165) is 17.7 Å². The molecule has 7 heteroatoms. The molecule has 0 aliphatic carbocycles. The third-order valence-corrected chi connectivity index (χ3v) is 4.27. The summed E-state index contributed by atoms with van der Waals surface area (Å²) in [4.78, 5) is 25.3. The topological polar surface area (TPSA) is 51.1 Å². The average Bonchev–Trinajstić information content (AvgIpc) is 2.61. The van der Waals surface area contributed by atoms with E-state index < -0.39 is 23.1 Å². The average molecular weight is 374 g/mol. The number of alkyl halides is 3. The fourth-order valence-electron chi connectivity index (χ4n) is 2.92. The lowest BCUT2D eigenvalue weighted by Crippen LogP contribution is -2.24. The molecule has 140 valence electrons. The van der Waals surface area contributed by atoms with Gasteiger partial charge in [0.1, 0.15) is 5.56 Å². The second kappa shape index (κ2) is 6.90. The summed E-state index contributed by atoms with van der Waals surface area (Å²) in [5.74, 6) is -0.660. The molecule has 3 aromatic rings. The molecule has 0 radical (unpaired) electrons. The van der Waals surface area contributed by atoms with Gasteiger partial charge >= 0.3 is 6.18 Å². The number of benzene rings is 2. The number of hydrogen-bond acceptors (Lipinski definition) is 2. The lowest BCUT2D eigenvalue weighted by atomic mass is 10.1. The van der Waals surface area contributed by atoms with Crippen molar-refractivity contribution in [3.05, 3.63) is 75.6 Å². The Morgan fingerprint density at radius 1 is 1.15 bits per heavy atom. The molecule has 1 heterocycles. The molecule has 0 aliphatic rings. The predicted octanol–water partition coefficient (Wildman–Crippen LogP) is 4.60. The van der Waals surface area contributed by atoms with E-state index in [9.17, 15) is 22.8 Å². The van der Waals surface area contributed by atoms with E-state index >= 15 is 0 Å². The maximum atomic E-state index is 13.0. The van der Waals surface area contributed by atoms with E-state index in [1.165, 1.54) is 12.3 Å². The lowest BCUT2D eigenvalue weighted by molar-refractivity contribution is -0.137. The zero-order valence-electron chi connectivity index (χ0n) is 14.7. The SMILES string of the molecule is CCn1cc(C(=O)Nc2cccc(C)c2)c(=O)c2cc(C(F)(F)F)ccc21. The van der Waals surface area contributed by atoms with Crippen LogP contribution in [0.4, 0.5) is 18.9 Å². The van der Waals surface area contributed by atoms with Gasteiger partial charge in [0, 0.05) is 23.8 Å². The Bertz CT molecular complexity index is 1080. The van der Waals surface area contributed by atoms with Crippen molar-refractivity contribution in [1.29, 1.82) is 0 Å². The first-order chi connectivity index (χ1) is 12.7. The molecule has 0 spiro atoms. The molecule has 1 amide bonds. The summed E-state index contributed by atoms with van der Waals surface area (Å²) in [5, 5.41) is 2.49. The van der Waals surface area contributed by atoms with Crippen LogP contribution in [0.1, 0.15) is 28.4 Å². The van der Waals surface area contributed by atoms with Crippen LogP contribution in [0.5, 0.6) is 0 Å². The molecule has 4 nitrogen and oxygen atoms in total. The summed E-state index contributed by atoms with van der Waals surface area (Å²) >= 11 is 0. The molecule has 3 rings (SSSR count). The Kier molecular flexibility index (Phi) is 4.78. The molecule has 0 aliphatic heterocycles. The Morgan fingerprint density at radius 3 is 2.52 bits per heavy atom. The molecule has 1 N–H and O–H groups in total. The zero-order valence-corrected chi connectivity index (χ0v) is 14.7. The number of aryl methyl sites for hydroxylation is 2. The quantitative estimate of drug-likeness (QED) is 0.728. The summed E-state index contributed by atoms with van der Waals surface area (Å²) in [6, 6.07) is 10.0. The highest BCUT2D eigenvalue weighted by atomic mass is 19.4. The van der Waals surface area contributed by atoms with Gasteiger partial charge in [-0.1, -0.05) is 12.1 Å². The number of halogens is 3. The lowest BCUT2D eigenvalue weighted by Gasteiger charge is -2.14. The minimum atomic E-state index is -4.57. The molecule has 0 unspecified atom stereocenters. The molecular formula is C20H17F3N2O2. The maximum Gasteiger partial charge on any atom is 0.416 e. The van der Waals surface area contributed by atoms with Crippen molar-refractivity contribution in [1.82, 2.24) is 4.57 Å². The number of anilines is 1. The normalized spacial score (nSPS) is 11.6. The van der Waals surface area contributed by atoms with Crippen molar-refractivity contribution < 1.29 is 18.0 Å². The van der Waals surface area contributed by atoms with E-state index in [1.807, 2.05) is 13.0 Å². The van der Waals surface area contributed by atoms with Crippen LogP contribution < -0.4 is 10.7 Å². The van der Waals surface area contributed by atoms with Crippen LogP contribution in [0.2, 0.25) is 0 Å². The first kappa shape index (κ1) is 18.7. The number of aromatic nitrogens is 1. The number of hydrogen-bond donors (Lipinski definition) is 1. The number of pyridine rings is 1. The number of rotatable bonds is 3. The van der Waals surface area contributed by atoms with Crippen molar-refractivity contribution in [2.75, 3.05) is 5.32 Å². The van der Waals surface area contributed by atoms with E-state index in [1.54, 1.807) is 29.7 Å². The molecule has 0 atom stereocenters. The minimum absolute atomic E-state index is 0.136. The van der Waals surface area contributed by atoms with Crippen LogP contribution in [0.15, 0.2) is 53.5 Å². The van der Waals surface area contributed by atoms with Gasteiger partial charge in [0.25, 0.3) is 5.91 Å². The second-order valence-corrected chi connectivity index (χ2v) is 6.21. The van der Waals surface area contributed by atoms with Crippen LogP contribution in [0.3, 0.4) is 0 Å². The van der Waals surface area contributed by atoms with Gasteiger partial charge < -0.3 is 9.88 Å². The largest absolute Gasteiger partial charge is 0.416 e. The summed E-state index contributed by atoms with van der Waals surface area (Å²) in [5.41, 5.74) is -0.0802. The van der Waals surface area contributed by atoms with Crippen molar-refractivity contribution in [2.24, 2.45) is 0 Å². The van der Waals surface area contributed by atoms with Crippen LogP contribution in [0.25, 0.3) is 10.9 Å². The molecule has 0 saturated heterocycles. The van der Waals surface area contributed by atoms with Gasteiger partial charge in [-0.15, -0.1) is 0 Å². The van der Waals surface area contributed by atoms with Gasteiger partial charge in [0.2, 0.25) is 5.43 Å². The van der Waals surface area contributed by atoms with E-state index in [4.69, 9.17) is 0 Å². The van der Waals surface area contributed by atoms with Crippen molar-refractivity contribution in [3.63, 3.8) is 0 Å². The summed E-state index contributed by atoms with van der Waals surface area (Å²) in [6.07, 6.45) is -3.19. The number of nitrogens with zero attached hydrogens (tertiary/aromatic N) is 1. The smallest absolute Gasteiger partial charge is 0.347 e. The highest BCUT2D eigenvalue weighted by Crippen LogP contribution is 2.30. The van der Waals surface area contributed by atoms with Gasteiger partial charge in [-0.3, -0.25) is 9.59 Å². The first-order valence-corrected chi connectivity index (χ1v) is 8.33. The minimum Gasteiger partial charge on any atom is -0.347 e. The zero-order chi connectivity index (χ0) is 19.8. The van der Waals surface area contributed by atoms with Gasteiger partial charge in [-0.25, -0.2) is 0 Å². The predicted molar refractivity (Wildman–Crippen MR) is 98.0 cm³/mol. The van der Waals surface area contributed by atoms with Crippen molar-refractivity contribution >= 4 is 22.5 Å². The van der Waals surface area contributed by atoms with Gasteiger partial charge in [-0.2, -0.15) is 13.2 Å². The molecule has 0 saturated carbocycles. The van der Waals surface area contributed by atoms with Gasteiger partial charge in [-0.05, 0) is 49.7 Å². The molecule has 0 bridgehead atoms. The van der Waals surface area contributed by atoms with Crippen LogP contribution in [-0.2, 0) is 12.7 Å². The third-order valence-electron chi connectivity index (χ3n) is 4.27. The first-order valence-electron chi connectivity index (χ1n) is 8.33. The molecule has 27 heavy (non-hydrogen) atoms. The maximum absolute atomic E-state index is 13.0. The third kappa shape index (κ3) is 3.72. The summed E-state index contributed by atoms with van der Waals surface area (Å²) in [6.45, 7) is 4.03. The summed E-state index contributed by atoms with van der Waals surface area (Å²) in [7, 11) is 0. The number of carbonyl (C=O) groups is 1. The molecular weight excluding hydrogens is 357 g/mol. The van der Waals surface area contributed by atoms with Crippen molar-refractivity contribution in [2.45, 2.75) is 26.6 Å². The summed E-state index contributed by atoms with van der Waals surface area (Å²) < 4.78 is 40.7. The van der Waals surface area contributed by atoms with Crippen LogP contribution in [-0.4, -0.2) is 10.5 Å². The van der Waals surface area contributed by atoms with Gasteiger partial charge in [0.05, 0.1) is 11.1 Å². The Morgan fingerprint density at radius 2 is 1.89 bits per heavy atom. The van der Waals surface area contributed by atoms with E-state index in [2.05, 4.69) is 5.32 Å². The molecule has 0 fully saturated rings. The fourth-order valence-corrected chi connectivity index (χ4v) is 2.92. The highest BCUT2D eigenvalue weighted by molar-refractivity contribution is 6.05. The monoisotopic (exact) mass is 374 g/mol. The van der Waals surface area contributed by atoms with Crippen LogP contribution in [0, 0.1) is 6.92 Å². The Hall–Kier alpha value is -3.09. The second-order valence-electron chi connectivity index (χ2n) is 6.21. The van der Waals surface area contributed by atoms with E-state index in [-0.39, 0.29) is 10.9 Å². The number of fused-ring (bicyclic) bond motifs is 1.